The van der Waals surface area contributed by atoms with Gasteiger partial charge in [-0.15, -0.1) is 0 Å². The molecular weight excluding hydrogens is 196 g/mol. The summed E-state index contributed by atoms with van der Waals surface area (Å²) in [5.41, 5.74) is 1.95. The summed E-state index contributed by atoms with van der Waals surface area (Å²) in [6.45, 7) is 4.47. The highest BCUT2D eigenvalue weighted by atomic mass is 16.3. The number of aliphatic hydroxyl groups is 1. The largest absolute Gasteiger partial charge is 0.385 e. The molecule has 0 saturated heterocycles. The van der Waals surface area contributed by atoms with Crippen LogP contribution in [0.15, 0.2) is 24.3 Å². The predicted octanol–water partition coefficient (Wildman–Crippen LogP) is 3.65. The first-order valence-electron chi connectivity index (χ1n) is 6.42. The van der Waals surface area contributed by atoms with Gasteiger partial charge in [0, 0.05) is 0 Å². The van der Waals surface area contributed by atoms with Crippen LogP contribution in [0.3, 0.4) is 0 Å². The van der Waals surface area contributed by atoms with Gasteiger partial charge in [0.1, 0.15) is 0 Å². The van der Waals surface area contributed by atoms with Crippen molar-refractivity contribution in [1.82, 2.24) is 0 Å². The van der Waals surface area contributed by atoms with Gasteiger partial charge < -0.3 is 5.11 Å². The molecule has 1 saturated carbocycles. The Kier molecular flexibility index (Phi) is 3.34. The van der Waals surface area contributed by atoms with Gasteiger partial charge in [0.15, 0.2) is 0 Å². The lowest BCUT2D eigenvalue weighted by Gasteiger charge is -2.23. The van der Waals surface area contributed by atoms with Gasteiger partial charge in [0.25, 0.3) is 0 Å². The molecule has 0 atom stereocenters. The zero-order chi connectivity index (χ0) is 11.6. The molecule has 0 amide bonds. The molecule has 0 radical (unpaired) electrons. The molecule has 0 unspecified atom stereocenters. The zero-order valence-corrected chi connectivity index (χ0v) is 10.4. The average molecular weight is 218 g/mol. The number of benzene rings is 1. The van der Waals surface area contributed by atoms with Crippen molar-refractivity contribution < 1.29 is 5.11 Å². The molecule has 1 nitrogen and oxygen atoms in total. The van der Waals surface area contributed by atoms with E-state index in [-0.39, 0.29) is 0 Å². The van der Waals surface area contributed by atoms with Gasteiger partial charge in [-0.05, 0) is 36.3 Å². The number of hydrogen-bond acceptors (Lipinski definition) is 1. The van der Waals surface area contributed by atoms with E-state index in [0.717, 1.165) is 37.7 Å². The quantitative estimate of drug-likeness (QED) is 0.821. The summed E-state index contributed by atoms with van der Waals surface area (Å²) in [7, 11) is 0. The van der Waals surface area contributed by atoms with Crippen LogP contribution in [-0.4, -0.2) is 5.11 Å². The van der Waals surface area contributed by atoms with Crippen LogP contribution in [0.25, 0.3) is 0 Å². The van der Waals surface area contributed by atoms with Crippen LogP contribution in [0.4, 0.5) is 0 Å². The third-order valence-electron chi connectivity index (χ3n) is 3.54. The molecule has 1 N–H and O–H groups in total. The van der Waals surface area contributed by atoms with E-state index in [1.54, 1.807) is 0 Å². The summed E-state index contributed by atoms with van der Waals surface area (Å²) in [6, 6.07) is 8.53. The minimum absolute atomic E-state index is 0.535. The highest BCUT2D eigenvalue weighted by Gasteiger charge is 2.32. The highest BCUT2D eigenvalue weighted by molar-refractivity contribution is 5.29. The molecule has 1 aliphatic rings. The van der Waals surface area contributed by atoms with Crippen molar-refractivity contribution in [1.29, 1.82) is 0 Å². The Labute approximate surface area is 98.5 Å². The molecule has 0 heterocycles. The van der Waals surface area contributed by atoms with Crippen LogP contribution in [0, 0.1) is 5.92 Å². The molecule has 1 fully saturated rings. The Hall–Kier alpha value is -0.820. The minimum atomic E-state index is -0.535. The Balaban J connectivity index is 2.21. The molecule has 2 rings (SSSR count). The van der Waals surface area contributed by atoms with Crippen LogP contribution in [0.1, 0.15) is 50.7 Å². The van der Waals surface area contributed by atoms with E-state index in [9.17, 15) is 5.11 Å². The third kappa shape index (κ3) is 2.46. The van der Waals surface area contributed by atoms with Crippen molar-refractivity contribution in [3.8, 4) is 0 Å². The molecule has 1 aromatic rings. The maximum Gasteiger partial charge on any atom is 0.0896 e. The van der Waals surface area contributed by atoms with E-state index >= 15 is 0 Å². The second-order valence-corrected chi connectivity index (χ2v) is 5.54. The second kappa shape index (κ2) is 4.58. The van der Waals surface area contributed by atoms with E-state index < -0.39 is 5.60 Å². The highest BCUT2D eigenvalue weighted by Crippen LogP contribution is 2.38. The van der Waals surface area contributed by atoms with Gasteiger partial charge in [0.2, 0.25) is 0 Å². The molecule has 0 spiro atoms. The summed E-state index contributed by atoms with van der Waals surface area (Å²) in [5, 5.41) is 10.5. The molecule has 0 aromatic heterocycles. The Morgan fingerprint density at radius 3 is 2.56 bits per heavy atom. The fourth-order valence-electron chi connectivity index (χ4n) is 2.71. The zero-order valence-electron chi connectivity index (χ0n) is 10.4. The lowest BCUT2D eigenvalue weighted by atomic mass is 9.89. The lowest BCUT2D eigenvalue weighted by Crippen LogP contribution is -2.20. The van der Waals surface area contributed by atoms with Gasteiger partial charge >= 0.3 is 0 Å². The van der Waals surface area contributed by atoms with Gasteiger partial charge in [0.05, 0.1) is 5.60 Å². The van der Waals surface area contributed by atoms with Crippen LogP contribution in [0.2, 0.25) is 0 Å². The van der Waals surface area contributed by atoms with Gasteiger partial charge in [-0.2, -0.15) is 0 Å². The first kappa shape index (κ1) is 11.7. The normalized spacial score (nSPS) is 19.2. The van der Waals surface area contributed by atoms with Crippen LogP contribution >= 0.6 is 0 Å². The van der Waals surface area contributed by atoms with E-state index in [0.29, 0.717) is 5.92 Å². The van der Waals surface area contributed by atoms with Crippen molar-refractivity contribution in [2.24, 2.45) is 5.92 Å². The van der Waals surface area contributed by atoms with Gasteiger partial charge in [-0.3, -0.25) is 0 Å². The van der Waals surface area contributed by atoms with Crippen molar-refractivity contribution in [2.45, 2.75) is 51.6 Å². The van der Waals surface area contributed by atoms with Crippen LogP contribution < -0.4 is 0 Å². The summed E-state index contributed by atoms with van der Waals surface area (Å²) in [5.74, 6) is 0.675. The fraction of sp³-hybridized carbons (Fsp3) is 0.600. The smallest absolute Gasteiger partial charge is 0.0896 e. The Morgan fingerprint density at radius 2 is 1.94 bits per heavy atom. The molecule has 1 aromatic carbocycles. The van der Waals surface area contributed by atoms with Gasteiger partial charge in [-0.25, -0.2) is 0 Å². The Morgan fingerprint density at radius 1 is 1.25 bits per heavy atom. The van der Waals surface area contributed by atoms with Gasteiger partial charge in [-0.1, -0.05) is 51.0 Å². The summed E-state index contributed by atoms with van der Waals surface area (Å²) >= 11 is 0. The number of hydrogen-bond donors (Lipinski definition) is 1. The molecule has 0 bridgehead atoms. The van der Waals surface area contributed by atoms with Crippen molar-refractivity contribution in [2.75, 3.05) is 0 Å². The Bertz CT molecular complexity index is 348. The van der Waals surface area contributed by atoms with Crippen LogP contribution in [-0.2, 0) is 12.0 Å². The third-order valence-corrected chi connectivity index (χ3v) is 3.54. The summed E-state index contributed by atoms with van der Waals surface area (Å²) in [6.07, 6.45) is 5.27. The molecule has 16 heavy (non-hydrogen) atoms. The minimum Gasteiger partial charge on any atom is -0.385 e. The molecule has 88 valence electrons. The van der Waals surface area contributed by atoms with Crippen LogP contribution in [0.5, 0.6) is 0 Å². The van der Waals surface area contributed by atoms with E-state index in [4.69, 9.17) is 0 Å². The van der Waals surface area contributed by atoms with E-state index in [1.807, 2.05) is 0 Å². The van der Waals surface area contributed by atoms with Crippen molar-refractivity contribution >= 4 is 0 Å². The second-order valence-electron chi connectivity index (χ2n) is 5.54. The monoisotopic (exact) mass is 218 g/mol. The summed E-state index contributed by atoms with van der Waals surface area (Å²) in [4.78, 5) is 0. The summed E-state index contributed by atoms with van der Waals surface area (Å²) < 4.78 is 0. The first-order valence-corrected chi connectivity index (χ1v) is 6.42. The SMILES string of the molecule is CC(C)Cc1cccc(C2(O)CCCC2)c1. The standard InChI is InChI=1S/C15H22O/c1-12(2)10-13-6-5-7-14(11-13)15(16)8-3-4-9-15/h5-7,11-12,16H,3-4,8-10H2,1-2H3. The van der Waals surface area contributed by atoms with E-state index in [2.05, 4.69) is 38.1 Å². The topological polar surface area (TPSA) is 20.2 Å². The van der Waals surface area contributed by atoms with Crippen molar-refractivity contribution in [3.63, 3.8) is 0 Å². The lowest BCUT2D eigenvalue weighted by molar-refractivity contribution is 0.0444. The van der Waals surface area contributed by atoms with Crippen molar-refractivity contribution in [3.05, 3.63) is 35.4 Å². The number of rotatable bonds is 3. The maximum absolute atomic E-state index is 10.5. The molecule has 0 aliphatic heterocycles. The molecule has 1 aliphatic carbocycles. The molecule has 1 heteroatoms. The first-order chi connectivity index (χ1) is 7.60. The average Bonchev–Trinajstić information content (AvgIpc) is 2.66. The predicted molar refractivity (Wildman–Crippen MR) is 67.3 cm³/mol. The van der Waals surface area contributed by atoms with E-state index in [1.165, 1.54) is 5.56 Å². The molecular formula is C15H22O. The maximum atomic E-state index is 10.5. The fourth-order valence-corrected chi connectivity index (χ4v) is 2.71.